The van der Waals surface area contributed by atoms with E-state index in [4.69, 9.17) is 0 Å². The Morgan fingerprint density at radius 2 is 2.00 bits per heavy atom. The van der Waals surface area contributed by atoms with Crippen molar-refractivity contribution in [2.75, 3.05) is 6.26 Å². The molecule has 20 heavy (non-hydrogen) atoms. The summed E-state index contributed by atoms with van der Waals surface area (Å²) in [6, 6.07) is 1.14. The van der Waals surface area contributed by atoms with E-state index in [1.165, 1.54) is 0 Å². The number of hydrogen-bond donors (Lipinski definition) is 1. The summed E-state index contributed by atoms with van der Waals surface area (Å²) in [7, 11) is -3.68. The Labute approximate surface area is 119 Å². The van der Waals surface area contributed by atoms with Crippen molar-refractivity contribution in [3.63, 3.8) is 0 Å². The fraction of sp³-hybridized carbons (Fsp3) is 0.222. The molecule has 0 amide bonds. The fourth-order valence-electron chi connectivity index (χ4n) is 1.44. The predicted octanol–water partition coefficient (Wildman–Crippen LogP) is 2.05. The molecular formula is C9H6BrF3N4O2S. The Morgan fingerprint density at radius 1 is 1.35 bits per heavy atom. The Balaban J connectivity index is 2.66. The Bertz CT molecular complexity index is 757. The first kappa shape index (κ1) is 14.9. The van der Waals surface area contributed by atoms with Gasteiger partial charge in [-0.15, -0.1) is 5.10 Å². The number of H-pyrrole nitrogens is 1. The van der Waals surface area contributed by atoms with E-state index in [2.05, 4.69) is 31.1 Å². The molecule has 0 bridgehead atoms. The molecule has 2 heterocycles. The van der Waals surface area contributed by atoms with Crippen molar-refractivity contribution < 1.29 is 21.6 Å². The number of alkyl halides is 3. The summed E-state index contributed by atoms with van der Waals surface area (Å²) in [6.45, 7) is 0. The molecule has 0 aliphatic carbocycles. The van der Waals surface area contributed by atoms with Crippen molar-refractivity contribution in [3.8, 4) is 11.5 Å². The quantitative estimate of drug-likeness (QED) is 0.873. The molecule has 0 unspecified atom stereocenters. The second-order valence-corrected chi connectivity index (χ2v) is 6.50. The zero-order valence-corrected chi connectivity index (χ0v) is 12.1. The van der Waals surface area contributed by atoms with Gasteiger partial charge in [0.05, 0.1) is 11.1 Å². The molecule has 0 aromatic carbocycles. The summed E-state index contributed by atoms with van der Waals surface area (Å²) in [4.78, 5) is 5.33. The number of sulfone groups is 1. The first-order chi connectivity index (χ1) is 9.10. The predicted molar refractivity (Wildman–Crippen MR) is 65.4 cm³/mol. The second-order valence-electron chi connectivity index (χ2n) is 3.77. The highest BCUT2D eigenvalue weighted by molar-refractivity contribution is 9.10. The first-order valence-corrected chi connectivity index (χ1v) is 7.64. The molecular weight excluding hydrogens is 365 g/mol. The number of imidazole rings is 1. The number of aromatic nitrogens is 4. The molecule has 0 saturated heterocycles. The maximum Gasteiger partial charge on any atom is 0.433 e. The van der Waals surface area contributed by atoms with Gasteiger partial charge in [0, 0.05) is 6.26 Å². The summed E-state index contributed by atoms with van der Waals surface area (Å²) >= 11 is 2.67. The highest BCUT2D eigenvalue weighted by Crippen LogP contribution is 2.35. The molecule has 108 valence electrons. The molecule has 2 rings (SSSR count). The van der Waals surface area contributed by atoms with E-state index >= 15 is 0 Å². The summed E-state index contributed by atoms with van der Waals surface area (Å²) in [5, 5.41) is 7.01. The lowest BCUT2D eigenvalue weighted by atomic mass is 10.4. The van der Waals surface area contributed by atoms with Crippen molar-refractivity contribution in [3.05, 3.63) is 22.6 Å². The monoisotopic (exact) mass is 370 g/mol. The normalized spacial score (nSPS) is 12.7. The van der Waals surface area contributed by atoms with Gasteiger partial charge >= 0.3 is 6.18 Å². The van der Waals surface area contributed by atoms with Crippen LogP contribution >= 0.6 is 15.9 Å². The van der Waals surface area contributed by atoms with Crippen LogP contribution in [-0.4, -0.2) is 34.8 Å². The van der Waals surface area contributed by atoms with Gasteiger partial charge in [-0.3, -0.25) is 0 Å². The van der Waals surface area contributed by atoms with Crippen LogP contribution in [0.3, 0.4) is 0 Å². The number of nitrogens with zero attached hydrogens (tertiary/aromatic N) is 3. The van der Waals surface area contributed by atoms with Crippen LogP contribution in [0.25, 0.3) is 11.5 Å². The Hall–Kier alpha value is -1.49. The molecule has 6 nitrogen and oxygen atoms in total. The van der Waals surface area contributed by atoms with E-state index in [1.54, 1.807) is 0 Å². The van der Waals surface area contributed by atoms with E-state index in [-0.39, 0.29) is 16.4 Å². The van der Waals surface area contributed by atoms with Crippen LogP contribution in [0.4, 0.5) is 13.2 Å². The molecule has 0 fully saturated rings. The zero-order chi connectivity index (χ0) is 15.1. The second kappa shape index (κ2) is 4.81. The van der Waals surface area contributed by atoms with Gasteiger partial charge < -0.3 is 4.98 Å². The Morgan fingerprint density at radius 3 is 2.50 bits per heavy atom. The van der Waals surface area contributed by atoms with E-state index in [1.807, 2.05) is 4.98 Å². The zero-order valence-electron chi connectivity index (χ0n) is 9.73. The third kappa shape index (κ3) is 2.82. The molecule has 2 aromatic rings. The van der Waals surface area contributed by atoms with Gasteiger partial charge in [-0.2, -0.15) is 18.3 Å². The number of hydrogen-bond acceptors (Lipinski definition) is 5. The highest BCUT2D eigenvalue weighted by Gasteiger charge is 2.37. The molecule has 11 heteroatoms. The van der Waals surface area contributed by atoms with Crippen molar-refractivity contribution in [1.82, 2.24) is 20.2 Å². The van der Waals surface area contributed by atoms with E-state index in [9.17, 15) is 21.6 Å². The maximum absolute atomic E-state index is 12.7. The Kier molecular flexibility index (Phi) is 3.58. The topological polar surface area (TPSA) is 88.6 Å². The summed E-state index contributed by atoms with van der Waals surface area (Å²) in [6.07, 6.45) is -2.61. The van der Waals surface area contributed by atoms with Crippen LogP contribution in [0.2, 0.25) is 0 Å². The van der Waals surface area contributed by atoms with Gasteiger partial charge in [0.2, 0.25) is 0 Å². The van der Waals surface area contributed by atoms with Gasteiger partial charge in [0.1, 0.15) is 10.3 Å². The van der Waals surface area contributed by atoms with Crippen LogP contribution in [0.5, 0.6) is 0 Å². The van der Waals surface area contributed by atoms with Gasteiger partial charge in [-0.25, -0.2) is 13.4 Å². The highest BCUT2D eigenvalue weighted by atomic mass is 79.9. The molecule has 0 spiro atoms. The van der Waals surface area contributed by atoms with Crippen LogP contribution in [0, 0.1) is 0 Å². The molecule has 0 saturated carbocycles. The number of nitrogens with one attached hydrogen (secondary N) is 1. The van der Waals surface area contributed by atoms with Crippen molar-refractivity contribution in [2.45, 2.75) is 11.1 Å². The first-order valence-electron chi connectivity index (χ1n) is 4.95. The van der Waals surface area contributed by atoms with Gasteiger partial charge in [-0.1, -0.05) is 0 Å². The molecule has 2 aromatic heterocycles. The van der Waals surface area contributed by atoms with Gasteiger partial charge in [0.25, 0.3) is 0 Å². The molecule has 0 radical (unpaired) electrons. The van der Waals surface area contributed by atoms with Crippen LogP contribution in [-0.2, 0) is 16.0 Å². The average molecular weight is 371 g/mol. The minimum absolute atomic E-state index is 0.262. The summed E-state index contributed by atoms with van der Waals surface area (Å²) in [5.74, 6) is -0.335. The summed E-state index contributed by atoms with van der Waals surface area (Å²) in [5.41, 5.74) is -1.40. The van der Waals surface area contributed by atoms with Crippen LogP contribution < -0.4 is 0 Å². The smallest absolute Gasteiger partial charge is 0.332 e. The number of rotatable bonds is 2. The molecule has 1 N–H and O–H groups in total. The third-order valence-corrected chi connectivity index (χ3v) is 3.95. The van der Waals surface area contributed by atoms with E-state index < -0.39 is 26.3 Å². The van der Waals surface area contributed by atoms with E-state index in [0.717, 1.165) is 18.5 Å². The summed E-state index contributed by atoms with van der Waals surface area (Å²) < 4.78 is 60.6. The minimum atomic E-state index is -4.66. The van der Waals surface area contributed by atoms with Gasteiger partial charge in [-0.05, 0) is 22.0 Å². The van der Waals surface area contributed by atoms with Crippen molar-refractivity contribution >= 4 is 25.8 Å². The maximum atomic E-state index is 12.7. The van der Waals surface area contributed by atoms with Crippen molar-refractivity contribution in [2.24, 2.45) is 0 Å². The minimum Gasteiger partial charge on any atom is -0.332 e. The lowest BCUT2D eigenvalue weighted by molar-refractivity contribution is -0.141. The standard InChI is InChI=1S/C9H6BrF3N4O2S/c1-20(18,19)4-2-3-14-17-5(4)8-15-6(7(10)16-8)9(11,12)13/h2-3H,1H3,(H,15,16). The largest absolute Gasteiger partial charge is 0.433 e. The van der Waals surface area contributed by atoms with Crippen molar-refractivity contribution in [1.29, 1.82) is 0 Å². The van der Waals surface area contributed by atoms with Crippen LogP contribution in [0.15, 0.2) is 21.8 Å². The molecule has 0 atom stereocenters. The van der Waals surface area contributed by atoms with E-state index in [0.29, 0.717) is 0 Å². The molecule has 0 aliphatic rings. The fourth-order valence-corrected chi connectivity index (χ4v) is 2.73. The van der Waals surface area contributed by atoms with Crippen LogP contribution in [0.1, 0.15) is 5.69 Å². The number of halogens is 4. The molecule has 0 aliphatic heterocycles. The lowest BCUT2D eigenvalue weighted by Gasteiger charge is -2.04. The lowest BCUT2D eigenvalue weighted by Crippen LogP contribution is -2.07. The van der Waals surface area contributed by atoms with Gasteiger partial charge in [0.15, 0.2) is 21.4 Å². The number of aromatic amines is 1. The SMILES string of the molecule is CS(=O)(=O)c1ccnnc1-c1nc(Br)c(C(F)(F)F)[nH]1. The average Bonchev–Trinajstić information content (AvgIpc) is 2.70. The third-order valence-electron chi connectivity index (χ3n) is 2.25.